The van der Waals surface area contributed by atoms with Crippen molar-refractivity contribution in [2.75, 3.05) is 20.1 Å². The topological polar surface area (TPSA) is 78.0 Å². The van der Waals surface area contributed by atoms with Crippen molar-refractivity contribution in [3.05, 3.63) is 60.2 Å². The minimum Gasteiger partial charge on any atom is -0.356 e. The van der Waals surface area contributed by atoms with Gasteiger partial charge in [0.15, 0.2) is 5.96 Å². The molecule has 3 rings (SSSR count). The van der Waals surface area contributed by atoms with Gasteiger partial charge in [0.25, 0.3) is 0 Å². The van der Waals surface area contributed by atoms with Gasteiger partial charge in [-0.25, -0.2) is 4.98 Å². The van der Waals surface area contributed by atoms with Gasteiger partial charge < -0.3 is 15.6 Å². The number of fused-ring (bicyclic) bond motifs is 1. The maximum atomic E-state index is 4.60. The molecule has 0 radical (unpaired) electrons. The van der Waals surface area contributed by atoms with E-state index >= 15 is 0 Å². The Morgan fingerprint density at radius 3 is 2.62 bits per heavy atom. The molecule has 0 fully saturated rings. The molecule has 7 heteroatoms. The smallest absolute Gasteiger partial charge is 0.190 e. The van der Waals surface area contributed by atoms with E-state index in [0.717, 1.165) is 60.9 Å². The van der Waals surface area contributed by atoms with E-state index in [4.69, 9.17) is 0 Å². The van der Waals surface area contributed by atoms with Crippen LogP contribution in [0.15, 0.2) is 53.7 Å². The quantitative estimate of drug-likeness (QED) is 0.218. The Morgan fingerprint density at radius 1 is 1.04 bits per heavy atom. The number of rotatable bonds is 7. The van der Waals surface area contributed by atoms with Crippen LogP contribution >= 0.6 is 24.0 Å². The maximum Gasteiger partial charge on any atom is 0.190 e. The molecule has 1 aromatic carbocycles. The van der Waals surface area contributed by atoms with Gasteiger partial charge in [0.1, 0.15) is 5.82 Å². The van der Waals surface area contributed by atoms with Crippen molar-refractivity contribution in [1.82, 2.24) is 25.6 Å². The van der Waals surface area contributed by atoms with Crippen molar-refractivity contribution < 1.29 is 0 Å². The fraction of sp³-hybridized carbons (Fsp3) is 0.316. The number of hydrogen-bond acceptors (Lipinski definition) is 3. The van der Waals surface area contributed by atoms with Crippen LogP contribution < -0.4 is 10.6 Å². The largest absolute Gasteiger partial charge is 0.356 e. The first-order valence-corrected chi connectivity index (χ1v) is 8.63. The highest BCUT2D eigenvalue weighted by Crippen LogP contribution is 2.10. The number of aromatic amines is 1. The van der Waals surface area contributed by atoms with Gasteiger partial charge >= 0.3 is 0 Å². The molecule has 0 aliphatic rings. The summed E-state index contributed by atoms with van der Waals surface area (Å²) < 4.78 is 0. The Hall–Kier alpha value is -2.16. The lowest BCUT2D eigenvalue weighted by molar-refractivity contribution is 0.722. The molecular weight excluding hydrogens is 439 g/mol. The molecule has 6 nitrogen and oxygen atoms in total. The van der Waals surface area contributed by atoms with Gasteiger partial charge in [0.2, 0.25) is 0 Å². The van der Waals surface area contributed by atoms with Crippen LogP contribution in [0.4, 0.5) is 0 Å². The standard InChI is InChI=1S/C19H24N6.HI/c1-20-19(23-14-11-15-7-4-5-12-21-15)22-13-6-10-18-24-16-8-2-3-9-17(16)25-18;/h2-5,7-9,12H,6,10-11,13-14H2,1H3,(H,24,25)(H2,20,22,23);1H. The molecule has 3 aromatic rings. The zero-order valence-corrected chi connectivity index (χ0v) is 17.2. The van der Waals surface area contributed by atoms with Crippen molar-refractivity contribution in [3.63, 3.8) is 0 Å². The summed E-state index contributed by atoms with van der Waals surface area (Å²) in [6.07, 6.45) is 4.59. The number of hydrogen-bond donors (Lipinski definition) is 3. The molecule has 0 aliphatic carbocycles. The summed E-state index contributed by atoms with van der Waals surface area (Å²) in [5.74, 6) is 1.85. The first-order valence-electron chi connectivity index (χ1n) is 8.63. The second kappa shape index (κ2) is 10.7. The highest BCUT2D eigenvalue weighted by molar-refractivity contribution is 14.0. The van der Waals surface area contributed by atoms with Gasteiger partial charge in [-0.3, -0.25) is 9.98 Å². The molecule has 0 aliphatic heterocycles. The van der Waals surface area contributed by atoms with Crippen LogP contribution in [0.25, 0.3) is 11.0 Å². The number of pyridine rings is 1. The summed E-state index contributed by atoms with van der Waals surface area (Å²) >= 11 is 0. The number of para-hydroxylation sites is 2. The summed E-state index contributed by atoms with van der Waals surface area (Å²) in [6, 6.07) is 14.1. The van der Waals surface area contributed by atoms with Crippen LogP contribution in [0, 0.1) is 0 Å². The molecule has 0 atom stereocenters. The first-order chi connectivity index (χ1) is 12.3. The SMILES string of the molecule is CN=C(NCCCc1nc2ccccc2[nH]1)NCCc1ccccn1.I. The molecule has 138 valence electrons. The number of aryl methyl sites for hydroxylation is 1. The van der Waals surface area contributed by atoms with Crippen LogP contribution in [0.1, 0.15) is 17.9 Å². The van der Waals surface area contributed by atoms with Crippen molar-refractivity contribution in [3.8, 4) is 0 Å². The highest BCUT2D eigenvalue weighted by atomic mass is 127. The van der Waals surface area contributed by atoms with E-state index in [1.165, 1.54) is 0 Å². The van der Waals surface area contributed by atoms with E-state index in [9.17, 15) is 0 Å². The van der Waals surface area contributed by atoms with Gasteiger partial charge in [-0.2, -0.15) is 0 Å². The molecule has 0 unspecified atom stereocenters. The maximum absolute atomic E-state index is 4.60. The van der Waals surface area contributed by atoms with Crippen molar-refractivity contribution in [2.24, 2.45) is 4.99 Å². The molecule has 2 heterocycles. The average molecular weight is 464 g/mol. The third-order valence-electron chi connectivity index (χ3n) is 3.94. The second-order valence-electron chi connectivity index (χ2n) is 5.80. The third kappa shape index (κ3) is 5.98. The predicted octanol–water partition coefficient (Wildman–Crippen LogP) is 2.92. The van der Waals surface area contributed by atoms with Crippen molar-refractivity contribution in [1.29, 1.82) is 0 Å². The minimum atomic E-state index is 0. The Morgan fingerprint density at radius 2 is 1.85 bits per heavy atom. The van der Waals surface area contributed by atoms with Crippen molar-refractivity contribution in [2.45, 2.75) is 19.3 Å². The average Bonchev–Trinajstić information content (AvgIpc) is 3.07. The number of aliphatic imine (C=N–C) groups is 1. The number of nitrogens with zero attached hydrogens (tertiary/aromatic N) is 3. The number of benzene rings is 1. The van der Waals surface area contributed by atoms with Gasteiger partial charge in [-0.15, -0.1) is 24.0 Å². The van der Waals surface area contributed by atoms with Gasteiger partial charge in [-0.05, 0) is 30.7 Å². The van der Waals surface area contributed by atoms with Crippen LogP contribution in [-0.4, -0.2) is 41.0 Å². The third-order valence-corrected chi connectivity index (χ3v) is 3.94. The van der Waals surface area contributed by atoms with E-state index in [1.807, 2.05) is 42.6 Å². The normalized spacial score (nSPS) is 11.2. The Bertz CT molecular complexity index is 782. The van der Waals surface area contributed by atoms with E-state index in [-0.39, 0.29) is 24.0 Å². The zero-order chi connectivity index (χ0) is 17.3. The van der Waals surface area contributed by atoms with E-state index in [2.05, 4.69) is 36.6 Å². The summed E-state index contributed by atoms with van der Waals surface area (Å²) in [6.45, 7) is 1.65. The van der Waals surface area contributed by atoms with E-state index in [0.29, 0.717) is 0 Å². The molecule has 3 N–H and O–H groups in total. The summed E-state index contributed by atoms with van der Waals surface area (Å²) in [7, 11) is 1.79. The predicted molar refractivity (Wildman–Crippen MR) is 117 cm³/mol. The van der Waals surface area contributed by atoms with Crippen LogP contribution in [-0.2, 0) is 12.8 Å². The summed E-state index contributed by atoms with van der Waals surface area (Å²) in [5.41, 5.74) is 3.20. The lowest BCUT2D eigenvalue weighted by atomic mass is 10.3. The summed E-state index contributed by atoms with van der Waals surface area (Å²) in [5, 5.41) is 6.65. The van der Waals surface area contributed by atoms with Crippen LogP contribution in [0.3, 0.4) is 0 Å². The molecule has 0 amide bonds. The number of imidazole rings is 1. The molecule has 0 saturated carbocycles. The van der Waals surface area contributed by atoms with Crippen molar-refractivity contribution >= 4 is 41.0 Å². The molecular formula is C19H25IN6. The van der Waals surface area contributed by atoms with Gasteiger partial charge in [0, 0.05) is 44.9 Å². The number of guanidine groups is 1. The Balaban J connectivity index is 0.00000243. The molecule has 26 heavy (non-hydrogen) atoms. The van der Waals surface area contributed by atoms with E-state index < -0.39 is 0 Å². The molecule has 0 bridgehead atoms. The fourth-order valence-electron chi connectivity index (χ4n) is 2.66. The lowest BCUT2D eigenvalue weighted by Crippen LogP contribution is -2.38. The second-order valence-corrected chi connectivity index (χ2v) is 5.80. The number of aromatic nitrogens is 3. The van der Waals surface area contributed by atoms with Gasteiger partial charge in [-0.1, -0.05) is 18.2 Å². The molecule has 2 aromatic heterocycles. The Kier molecular flexibility index (Phi) is 8.33. The number of halogens is 1. The molecule has 0 saturated heterocycles. The van der Waals surface area contributed by atoms with Crippen LogP contribution in [0.5, 0.6) is 0 Å². The van der Waals surface area contributed by atoms with E-state index in [1.54, 1.807) is 7.05 Å². The zero-order valence-electron chi connectivity index (χ0n) is 14.9. The van der Waals surface area contributed by atoms with Gasteiger partial charge in [0.05, 0.1) is 11.0 Å². The number of H-pyrrole nitrogens is 1. The lowest BCUT2D eigenvalue weighted by Gasteiger charge is -2.11. The minimum absolute atomic E-state index is 0. The van der Waals surface area contributed by atoms with Crippen LogP contribution in [0.2, 0.25) is 0 Å². The monoisotopic (exact) mass is 464 g/mol. The number of nitrogens with one attached hydrogen (secondary N) is 3. The first kappa shape index (κ1) is 20.2. The molecule has 0 spiro atoms. The Labute approximate surface area is 171 Å². The highest BCUT2D eigenvalue weighted by Gasteiger charge is 2.02. The summed E-state index contributed by atoms with van der Waals surface area (Å²) in [4.78, 5) is 16.5. The fourth-order valence-corrected chi connectivity index (χ4v) is 2.66.